The fourth-order valence-corrected chi connectivity index (χ4v) is 3.84. The van der Waals surface area contributed by atoms with E-state index in [2.05, 4.69) is 15.0 Å². The highest BCUT2D eigenvalue weighted by Crippen LogP contribution is 2.37. The summed E-state index contributed by atoms with van der Waals surface area (Å²) in [5, 5.41) is 0. The van der Waals surface area contributed by atoms with Crippen molar-refractivity contribution in [3.8, 4) is 11.1 Å². The smallest absolute Gasteiger partial charge is 0.223 e. The molecule has 0 amide bonds. The van der Waals surface area contributed by atoms with Crippen LogP contribution in [0.3, 0.4) is 0 Å². The lowest BCUT2D eigenvalue weighted by atomic mass is 10.1. The molecule has 28 heavy (non-hydrogen) atoms. The number of rotatable bonds is 4. The second-order valence-corrected chi connectivity index (χ2v) is 7.31. The summed E-state index contributed by atoms with van der Waals surface area (Å²) in [7, 11) is 0. The molecule has 0 radical (unpaired) electrons. The van der Waals surface area contributed by atoms with Crippen molar-refractivity contribution in [2.24, 2.45) is 0 Å². The maximum Gasteiger partial charge on any atom is 0.223 e. The SMILES string of the molecule is Nc1nc(N)c(-c2ccc(Sc3ccncc3)c(F)c2)c(N2CCOCC2)n1. The summed E-state index contributed by atoms with van der Waals surface area (Å²) in [6.07, 6.45) is 3.35. The van der Waals surface area contributed by atoms with Crippen molar-refractivity contribution in [1.29, 1.82) is 0 Å². The summed E-state index contributed by atoms with van der Waals surface area (Å²) in [4.78, 5) is 15.9. The van der Waals surface area contributed by atoms with Gasteiger partial charge in [0.1, 0.15) is 17.5 Å². The minimum absolute atomic E-state index is 0.0908. The van der Waals surface area contributed by atoms with E-state index in [9.17, 15) is 4.39 Å². The molecule has 2 aromatic heterocycles. The van der Waals surface area contributed by atoms with Crippen LogP contribution in [0.1, 0.15) is 0 Å². The van der Waals surface area contributed by atoms with Crippen LogP contribution in [-0.2, 0) is 4.74 Å². The van der Waals surface area contributed by atoms with Crippen molar-refractivity contribution >= 4 is 29.3 Å². The van der Waals surface area contributed by atoms with E-state index in [0.29, 0.717) is 48.1 Å². The number of pyridine rings is 1. The predicted octanol–water partition coefficient (Wildman–Crippen LogP) is 2.83. The Morgan fingerprint density at radius 1 is 1.04 bits per heavy atom. The van der Waals surface area contributed by atoms with Gasteiger partial charge in [0, 0.05) is 35.3 Å². The minimum atomic E-state index is -0.344. The van der Waals surface area contributed by atoms with E-state index < -0.39 is 0 Å². The Hall–Kier alpha value is -2.91. The third kappa shape index (κ3) is 3.85. The van der Waals surface area contributed by atoms with Gasteiger partial charge in [-0.15, -0.1) is 0 Å². The lowest BCUT2D eigenvalue weighted by Gasteiger charge is -2.30. The van der Waals surface area contributed by atoms with Gasteiger partial charge < -0.3 is 21.1 Å². The molecule has 4 N–H and O–H groups in total. The Morgan fingerprint density at radius 2 is 1.79 bits per heavy atom. The van der Waals surface area contributed by atoms with Gasteiger partial charge in [-0.3, -0.25) is 4.98 Å². The van der Waals surface area contributed by atoms with Gasteiger partial charge in [-0.05, 0) is 29.8 Å². The molecule has 0 aliphatic carbocycles. The first-order valence-corrected chi connectivity index (χ1v) is 9.57. The Bertz CT molecular complexity index is 982. The van der Waals surface area contributed by atoms with Crippen molar-refractivity contribution in [1.82, 2.24) is 15.0 Å². The number of ether oxygens (including phenoxy) is 1. The Labute approximate surface area is 166 Å². The number of hydrogen-bond donors (Lipinski definition) is 2. The molecule has 1 aromatic carbocycles. The largest absolute Gasteiger partial charge is 0.383 e. The average Bonchev–Trinajstić information content (AvgIpc) is 2.70. The van der Waals surface area contributed by atoms with Gasteiger partial charge in [-0.1, -0.05) is 17.8 Å². The monoisotopic (exact) mass is 398 g/mol. The molecule has 4 rings (SSSR count). The number of halogens is 1. The van der Waals surface area contributed by atoms with Crippen LogP contribution in [0.25, 0.3) is 11.1 Å². The van der Waals surface area contributed by atoms with Gasteiger partial charge in [0.15, 0.2) is 0 Å². The second-order valence-electron chi connectivity index (χ2n) is 6.20. The molecule has 9 heteroatoms. The Morgan fingerprint density at radius 3 is 2.50 bits per heavy atom. The number of benzene rings is 1. The van der Waals surface area contributed by atoms with E-state index in [1.165, 1.54) is 17.8 Å². The van der Waals surface area contributed by atoms with Crippen molar-refractivity contribution in [2.75, 3.05) is 42.7 Å². The summed E-state index contributed by atoms with van der Waals surface area (Å²) in [5.74, 6) is 0.571. The number of anilines is 3. The van der Waals surface area contributed by atoms with Gasteiger partial charge >= 0.3 is 0 Å². The zero-order valence-corrected chi connectivity index (χ0v) is 15.8. The van der Waals surface area contributed by atoms with Crippen LogP contribution in [0.2, 0.25) is 0 Å². The predicted molar refractivity (Wildman–Crippen MR) is 108 cm³/mol. The third-order valence-corrected chi connectivity index (χ3v) is 5.40. The zero-order chi connectivity index (χ0) is 19.5. The van der Waals surface area contributed by atoms with Crippen LogP contribution in [0.5, 0.6) is 0 Å². The molecule has 0 saturated carbocycles. The number of nitrogens with zero attached hydrogens (tertiary/aromatic N) is 4. The lowest BCUT2D eigenvalue weighted by Crippen LogP contribution is -2.37. The van der Waals surface area contributed by atoms with Crippen molar-refractivity contribution < 1.29 is 9.13 Å². The van der Waals surface area contributed by atoms with Crippen molar-refractivity contribution in [3.63, 3.8) is 0 Å². The molecule has 1 fully saturated rings. The van der Waals surface area contributed by atoms with E-state index >= 15 is 0 Å². The molecular formula is C19H19FN6OS. The van der Waals surface area contributed by atoms with E-state index in [0.717, 1.165) is 4.90 Å². The van der Waals surface area contributed by atoms with Gasteiger partial charge in [0.05, 0.1) is 18.8 Å². The van der Waals surface area contributed by atoms with Gasteiger partial charge in [0.25, 0.3) is 0 Å². The summed E-state index contributed by atoms with van der Waals surface area (Å²) in [6.45, 7) is 2.47. The molecule has 144 valence electrons. The van der Waals surface area contributed by atoms with Crippen LogP contribution in [-0.4, -0.2) is 41.3 Å². The standard InChI is InChI=1S/C19H19FN6OS/c20-14-11-12(1-2-15(14)28-13-3-5-23-6-4-13)16-17(21)24-19(22)25-18(16)26-7-9-27-10-8-26/h1-6,11H,7-10H2,(H4,21,22,24,25). The quantitative estimate of drug-likeness (QED) is 0.692. The maximum atomic E-state index is 14.8. The lowest BCUT2D eigenvalue weighted by molar-refractivity contribution is 0.122. The van der Waals surface area contributed by atoms with Crippen LogP contribution in [0, 0.1) is 5.82 Å². The normalized spacial score (nSPS) is 14.2. The Kier molecular flexibility index (Phi) is 5.27. The highest BCUT2D eigenvalue weighted by atomic mass is 32.2. The molecule has 1 aliphatic rings. The zero-order valence-electron chi connectivity index (χ0n) is 15.0. The van der Waals surface area contributed by atoms with E-state index in [4.69, 9.17) is 16.2 Å². The first-order valence-electron chi connectivity index (χ1n) is 8.75. The van der Waals surface area contributed by atoms with Crippen molar-refractivity contribution in [3.05, 3.63) is 48.5 Å². The molecule has 0 atom stereocenters. The highest BCUT2D eigenvalue weighted by molar-refractivity contribution is 7.99. The fourth-order valence-electron chi connectivity index (χ4n) is 3.04. The van der Waals surface area contributed by atoms with E-state index in [1.807, 2.05) is 23.1 Å². The van der Waals surface area contributed by atoms with Crippen LogP contribution >= 0.6 is 11.8 Å². The summed E-state index contributed by atoms with van der Waals surface area (Å²) < 4.78 is 20.2. The molecule has 0 unspecified atom stereocenters. The van der Waals surface area contributed by atoms with Crippen LogP contribution in [0.15, 0.2) is 52.5 Å². The molecule has 7 nitrogen and oxygen atoms in total. The maximum absolute atomic E-state index is 14.8. The fraction of sp³-hybridized carbons (Fsp3) is 0.211. The molecule has 0 spiro atoms. The molecule has 3 heterocycles. The van der Waals surface area contributed by atoms with Gasteiger partial charge in [-0.2, -0.15) is 9.97 Å². The summed E-state index contributed by atoms with van der Waals surface area (Å²) in [5.41, 5.74) is 13.1. The molecule has 1 aliphatic heterocycles. The number of nitrogen functional groups attached to an aromatic ring is 2. The molecular weight excluding hydrogens is 379 g/mol. The summed E-state index contributed by atoms with van der Waals surface area (Å²) in [6, 6.07) is 8.68. The molecule has 0 bridgehead atoms. The van der Waals surface area contributed by atoms with E-state index in [1.54, 1.807) is 18.5 Å². The first-order chi connectivity index (χ1) is 13.6. The van der Waals surface area contributed by atoms with Crippen LogP contribution in [0.4, 0.5) is 22.0 Å². The molecule has 3 aromatic rings. The highest BCUT2D eigenvalue weighted by Gasteiger charge is 2.22. The van der Waals surface area contributed by atoms with Crippen molar-refractivity contribution in [2.45, 2.75) is 9.79 Å². The average molecular weight is 398 g/mol. The number of nitrogens with two attached hydrogens (primary N) is 2. The second kappa shape index (κ2) is 7.99. The third-order valence-electron chi connectivity index (χ3n) is 4.34. The van der Waals surface area contributed by atoms with Crippen LogP contribution < -0.4 is 16.4 Å². The van der Waals surface area contributed by atoms with E-state index in [-0.39, 0.29) is 17.6 Å². The number of aromatic nitrogens is 3. The number of morpholine rings is 1. The minimum Gasteiger partial charge on any atom is -0.383 e. The topological polar surface area (TPSA) is 103 Å². The molecule has 1 saturated heterocycles. The van der Waals surface area contributed by atoms with Gasteiger partial charge in [0.2, 0.25) is 5.95 Å². The Balaban J connectivity index is 1.71. The first kappa shape index (κ1) is 18.5. The summed E-state index contributed by atoms with van der Waals surface area (Å²) >= 11 is 1.33. The van der Waals surface area contributed by atoms with Gasteiger partial charge in [-0.25, -0.2) is 4.39 Å². The number of hydrogen-bond acceptors (Lipinski definition) is 8.